The number of ketones is 1. The number of rotatable bonds is 7. The lowest BCUT2D eigenvalue weighted by molar-refractivity contribution is 0.102. The normalized spacial score (nSPS) is 10.8. The average Bonchev–Trinajstić information content (AvgIpc) is 3.09. The number of benzene rings is 2. The lowest BCUT2D eigenvalue weighted by Gasteiger charge is -2.08. The molecule has 3 rings (SSSR count). The first kappa shape index (κ1) is 19.2. The lowest BCUT2D eigenvalue weighted by Crippen LogP contribution is -2.06. The molecule has 0 unspecified atom stereocenters. The van der Waals surface area contributed by atoms with E-state index in [2.05, 4.69) is 10.2 Å². The molecule has 3 aromatic rings. The van der Waals surface area contributed by atoms with E-state index in [-0.39, 0.29) is 18.1 Å². The molecule has 27 heavy (non-hydrogen) atoms. The Morgan fingerprint density at radius 1 is 1.04 bits per heavy atom. The Morgan fingerprint density at radius 3 is 2.59 bits per heavy atom. The van der Waals surface area contributed by atoms with Gasteiger partial charge in [-0.2, -0.15) is 0 Å². The van der Waals surface area contributed by atoms with E-state index in [1.54, 1.807) is 0 Å². The van der Waals surface area contributed by atoms with Gasteiger partial charge in [-0.25, -0.2) is 0 Å². The van der Waals surface area contributed by atoms with Crippen LogP contribution in [0.25, 0.3) is 0 Å². The number of carbonyl (C=O) groups excluding carboxylic acids is 1. The van der Waals surface area contributed by atoms with Crippen molar-refractivity contribution in [3.63, 3.8) is 0 Å². The maximum atomic E-state index is 12.5. The molecule has 0 aliphatic heterocycles. The molecule has 5 nitrogen and oxygen atoms in total. The fraction of sp³-hybridized carbons (Fsp3) is 0.286. The quantitative estimate of drug-likeness (QED) is 0.430. The fourth-order valence-corrected chi connectivity index (χ4v) is 3.33. The van der Waals surface area contributed by atoms with E-state index < -0.39 is 0 Å². The lowest BCUT2D eigenvalue weighted by atomic mass is 9.99. The van der Waals surface area contributed by atoms with Crippen molar-refractivity contribution in [2.45, 2.75) is 39.5 Å². The third-order valence-corrected chi connectivity index (χ3v) is 5.09. The zero-order valence-electron chi connectivity index (χ0n) is 15.9. The fourth-order valence-electron chi connectivity index (χ4n) is 2.67. The Bertz CT molecular complexity index is 966. The first-order chi connectivity index (χ1) is 12.9. The van der Waals surface area contributed by atoms with Gasteiger partial charge in [-0.05, 0) is 68.1 Å². The largest absolute Gasteiger partial charge is 0.484 e. The first-order valence-corrected chi connectivity index (χ1v) is 9.66. The van der Waals surface area contributed by atoms with Gasteiger partial charge in [0.2, 0.25) is 0 Å². The van der Waals surface area contributed by atoms with Crippen molar-refractivity contribution in [3.8, 4) is 5.75 Å². The average molecular weight is 382 g/mol. The standard InChI is InChI=1S/C21H22N2O3S/c1-13-6-5-7-17(8-13)25-11-20-22-23-21(26-20)27-12-19(24)18-10-15(3)14(2)9-16(18)4/h5-10H,11-12H2,1-4H3. The van der Waals surface area contributed by atoms with E-state index in [1.807, 2.05) is 64.1 Å². The van der Waals surface area contributed by atoms with Crippen LogP contribution < -0.4 is 4.74 Å². The summed E-state index contributed by atoms with van der Waals surface area (Å²) in [6, 6.07) is 11.7. The van der Waals surface area contributed by atoms with Crippen LogP contribution in [-0.4, -0.2) is 21.7 Å². The predicted octanol–water partition coefficient (Wildman–Crippen LogP) is 4.86. The van der Waals surface area contributed by atoms with Crippen LogP contribution >= 0.6 is 11.8 Å². The van der Waals surface area contributed by atoms with Gasteiger partial charge in [0.05, 0.1) is 5.75 Å². The van der Waals surface area contributed by atoms with Gasteiger partial charge in [-0.3, -0.25) is 4.79 Å². The number of hydrogen-bond donors (Lipinski definition) is 0. The molecule has 0 amide bonds. The molecule has 0 N–H and O–H groups in total. The minimum Gasteiger partial charge on any atom is -0.484 e. The zero-order valence-corrected chi connectivity index (χ0v) is 16.7. The molecule has 140 valence electrons. The number of hydrogen-bond acceptors (Lipinski definition) is 6. The molecule has 0 spiro atoms. The molecule has 0 fully saturated rings. The molecule has 1 heterocycles. The van der Waals surface area contributed by atoms with Gasteiger partial charge in [0.15, 0.2) is 12.4 Å². The number of thioether (sulfide) groups is 1. The van der Waals surface area contributed by atoms with Gasteiger partial charge < -0.3 is 9.15 Å². The van der Waals surface area contributed by atoms with Crippen molar-refractivity contribution in [1.29, 1.82) is 0 Å². The van der Waals surface area contributed by atoms with Gasteiger partial charge in [0.25, 0.3) is 11.1 Å². The Morgan fingerprint density at radius 2 is 1.81 bits per heavy atom. The van der Waals surface area contributed by atoms with Crippen molar-refractivity contribution in [1.82, 2.24) is 10.2 Å². The highest BCUT2D eigenvalue weighted by Gasteiger charge is 2.14. The summed E-state index contributed by atoms with van der Waals surface area (Å²) < 4.78 is 11.2. The second-order valence-corrected chi connectivity index (χ2v) is 7.46. The van der Waals surface area contributed by atoms with Crippen LogP contribution in [0.1, 0.15) is 38.5 Å². The molecule has 0 aliphatic rings. The van der Waals surface area contributed by atoms with Gasteiger partial charge in [-0.15, -0.1) is 10.2 Å². The number of aromatic nitrogens is 2. The minimum absolute atomic E-state index is 0.0522. The summed E-state index contributed by atoms with van der Waals surface area (Å²) in [7, 11) is 0. The molecule has 0 radical (unpaired) electrons. The molecule has 1 aromatic heterocycles. The number of ether oxygens (including phenoxy) is 1. The van der Waals surface area contributed by atoms with Crippen LogP contribution in [0.15, 0.2) is 46.0 Å². The topological polar surface area (TPSA) is 65.2 Å². The van der Waals surface area contributed by atoms with E-state index in [1.165, 1.54) is 17.3 Å². The monoisotopic (exact) mass is 382 g/mol. The Labute approximate surface area is 163 Å². The highest BCUT2D eigenvalue weighted by Crippen LogP contribution is 2.22. The second kappa shape index (κ2) is 8.39. The molecule has 0 saturated heterocycles. The highest BCUT2D eigenvalue weighted by molar-refractivity contribution is 7.99. The summed E-state index contributed by atoms with van der Waals surface area (Å²) >= 11 is 1.24. The van der Waals surface area contributed by atoms with Gasteiger partial charge in [0, 0.05) is 5.56 Å². The Hall–Kier alpha value is -2.60. The van der Waals surface area contributed by atoms with E-state index in [0.717, 1.165) is 28.0 Å². The Kier molecular flexibility index (Phi) is 5.96. The third kappa shape index (κ3) is 4.98. The van der Waals surface area contributed by atoms with Crippen molar-refractivity contribution in [3.05, 3.63) is 70.1 Å². The predicted molar refractivity (Wildman–Crippen MR) is 106 cm³/mol. The molecule has 0 bridgehead atoms. The van der Waals surface area contributed by atoms with Crippen LogP contribution in [0, 0.1) is 27.7 Å². The molecule has 0 saturated carbocycles. The minimum atomic E-state index is 0.0522. The number of Topliss-reactive ketones (excluding diaryl/α,β-unsaturated/α-hetero) is 1. The van der Waals surface area contributed by atoms with E-state index in [4.69, 9.17) is 9.15 Å². The second-order valence-electron chi connectivity index (χ2n) is 6.53. The summed E-state index contributed by atoms with van der Waals surface area (Å²) in [4.78, 5) is 12.5. The molecule has 2 aromatic carbocycles. The van der Waals surface area contributed by atoms with Gasteiger partial charge in [-0.1, -0.05) is 30.0 Å². The van der Waals surface area contributed by atoms with Crippen LogP contribution in [0.5, 0.6) is 5.75 Å². The molecule has 0 atom stereocenters. The van der Waals surface area contributed by atoms with E-state index >= 15 is 0 Å². The number of carbonyl (C=O) groups is 1. The van der Waals surface area contributed by atoms with Crippen molar-refractivity contribution >= 4 is 17.5 Å². The summed E-state index contributed by atoms with van der Waals surface area (Å²) in [6.07, 6.45) is 0. The summed E-state index contributed by atoms with van der Waals surface area (Å²) in [6.45, 7) is 8.21. The molecule has 6 heteroatoms. The van der Waals surface area contributed by atoms with Gasteiger partial charge >= 0.3 is 0 Å². The van der Waals surface area contributed by atoms with Crippen LogP contribution in [0.3, 0.4) is 0 Å². The van der Waals surface area contributed by atoms with Crippen LogP contribution in [0.4, 0.5) is 0 Å². The molecular formula is C21H22N2O3S. The van der Waals surface area contributed by atoms with Crippen molar-refractivity contribution < 1.29 is 13.9 Å². The van der Waals surface area contributed by atoms with Crippen LogP contribution in [0.2, 0.25) is 0 Å². The number of aryl methyl sites for hydroxylation is 4. The highest BCUT2D eigenvalue weighted by atomic mass is 32.2. The summed E-state index contributed by atoms with van der Waals surface area (Å²) in [5.74, 6) is 1.44. The maximum Gasteiger partial charge on any atom is 0.277 e. The third-order valence-electron chi connectivity index (χ3n) is 4.27. The Balaban J connectivity index is 1.56. The van der Waals surface area contributed by atoms with Crippen molar-refractivity contribution in [2.24, 2.45) is 0 Å². The smallest absolute Gasteiger partial charge is 0.277 e. The first-order valence-electron chi connectivity index (χ1n) is 8.68. The van der Waals surface area contributed by atoms with E-state index in [0.29, 0.717) is 11.1 Å². The number of nitrogens with zero attached hydrogens (tertiary/aromatic N) is 2. The zero-order chi connectivity index (χ0) is 19.4. The maximum absolute atomic E-state index is 12.5. The van der Waals surface area contributed by atoms with E-state index in [9.17, 15) is 4.79 Å². The van der Waals surface area contributed by atoms with Crippen LogP contribution in [-0.2, 0) is 6.61 Å². The SMILES string of the molecule is Cc1cccc(OCc2nnc(SCC(=O)c3cc(C)c(C)cc3C)o2)c1. The molecular weight excluding hydrogens is 360 g/mol. The molecule has 0 aliphatic carbocycles. The summed E-state index contributed by atoms with van der Waals surface area (Å²) in [5.41, 5.74) is 5.15. The van der Waals surface area contributed by atoms with Gasteiger partial charge in [0.1, 0.15) is 5.75 Å². The van der Waals surface area contributed by atoms with Crippen molar-refractivity contribution in [2.75, 3.05) is 5.75 Å². The summed E-state index contributed by atoms with van der Waals surface area (Å²) in [5, 5.41) is 8.32.